The van der Waals surface area contributed by atoms with E-state index in [1.165, 1.54) is 5.56 Å². The molecule has 1 amide bonds. The predicted molar refractivity (Wildman–Crippen MR) is 113 cm³/mol. The third-order valence-electron chi connectivity index (χ3n) is 5.32. The number of nitrogens with zero attached hydrogens (tertiary/aromatic N) is 4. The molecule has 1 aromatic heterocycles. The molecular formula is C23H26N4O. The van der Waals surface area contributed by atoms with E-state index in [1.807, 2.05) is 47.5 Å². The van der Waals surface area contributed by atoms with Gasteiger partial charge in [-0.2, -0.15) is 0 Å². The predicted octanol–water partition coefficient (Wildman–Crippen LogP) is 3.89. The van der Waals surface area contributed by atoms with E-state index in [9.17, 15) is 4.79 Å². The summed E-state index contributed by atoms with van der Waals surface area (Å²) in [5, 5.41) is 0. The average Bonchev–Trinajstić information content (AvgIpc) is 2.72. The van der Waals surface area contributed by atoms with Gasteiger partial charge in [0.25, 0.3) is 5.91 Å². The fraction of sp³-hybridized carbons (Fsp3) is 0.348. The zero-order chi connectivity index (χ0) is 19.7. The summed E-state index contributed by atoms with van der Waals surface area (Å²) in [5.74, 6) is 0.977. The standard InChI is InChI=1S/C23H26N4O/c1-23(2,3)18-10-8-17(9-11-18)22(28)27-14-12-26(13-15-27)21-16-24-19-6-4-5-7-20(19)25-21/h4-11,16H,12-15H2,1-3H3. The zero-order valence-electron chi connectivity index (χ0n) is 16.7. The first-order valence-electron chi connectivity index (χ1n) is 9.78. The number of fused-ring (bicyclic) bond motifs is 1. The number of benzene rings is 2. The van der Waals surface area contributed by atoms with Crippen molar-refractivity contribution in [2.24, 2.45) is 0 Å². The highest BCUT2D eigenvalue weighted by Crippen LogP contribution is 2.23. The Bertz CT molecular complexity index is 983. The molecule has 1 aliphatic heterocycles. The molecule has 28 heavy (non-hydrogen) atoms. The molecule has 0 saturated carbocycles. The fourth-order valence-electron chi connectivity index (χ4n) is 3.53. The number of aromatic nitrogens is 2. The maximum absolute atomic E-state index is 12.9. The Labute approximate surface area is 166 Å². The van der Waals surface area contributed by atoms with Crippen LogP contribution in [0.25, 0.3) is 11.0 Å². The molecule has 4 rings (SSSR count). The van der Waals surface area contributed by atoms with Crippen LogP contribution in [0.1, 0.15) is 36.7 Å². The van der Waals surface area contributed by atoms with Crippen LogP contribution in [0.3, 0.4) is 0 Å². The smallest absolute Gasteiger partial charge is 0.253 e. The van der Waals surface area contributed by atoms with E-state index in [0.29, 0.717) is 13.1 Å². The molecule has 1 fully saturated rings. The lowest BCUT2D eigenvalue weighted by molar-refractivity contribution is 0.0746. The second-order valence-electron chi connectivity index (χ2n) is 8.32. The molecule has 1 saturated heterocycles. The Kier molecular flexibility index (Phi) is 4.75. The first-order chi connectivity index (χ1) is 13.4. The molecule has 0 bridgehead atoms. The van der Waals surface area contributed by atoms with Crippen molar-refractivity contribution in [1.82, 2.24) is 14.9 Å². The van der Waals surface area contributed by atoms with E-state index in [1.54, 1.807) is 0 Å². The highest BCUT2D eigenvalue weighted by atomic mass is 16.2. The first kappa shape index (κ1) is 18.4. The molecule has 3 aromatic rings. The molecule has 144 valence electrons. The van der Waals surface area contributed by atoms with Gasteiger partial charge in [-0.3, -0.25) is 9.78 Å². The summed E-state index contributed by atoms with van der Waals surface area (Å²) in [4.78, 5) is 26.2. The molecule has 2 heterocycles. The summed E-state index contributed by atoms with van der Waals surface area (Å²) in [6.07, 6.45) is 1.82. The van der Waals surface area contributed by atoms with Gasteiger partial charge in [0.2, 0.25) is 0 Å². The maximum atomic E-state index is 12.9. The number of piperazine rings is 1. The van der Waals surface area contributed by atoms with Crippen molar-refractivity contribution < 1.29 is 4.79 Å². The molecule has 0 N–H and O–H groups in total. The molecule has 5 heteroatoms. The van der Waals surface area contributed by atoms with Crippen LogP contribution < -0.4 is 4.90 Å². The second kappa shape index (κ2) is 7.23. The highest BCUT2D eigenvalue weighted by molar-refractivity contribution is 5.94. The molecular weight excluding hydrogens is 348 g/mol. The van der Waals surface area contributed by atoms with Crippen LogP contribution in [0, 0.1) is 0 Å². The van der Waals surface area contributed by atoms with Crippen molar-refractivity contribution in [2.75, 3.05) is 31.1 Å². The quantitative estimate of drug-likeness (QED) is 0.683. The molecule has 2 aromatic carbocycles. The number of carbonyl (C=O) groups excluding carboxylic acids is 1. The van der Waals surface area contributed by atoms with E-state index in [0.717, 1.165) is 35.5 Å². The Morgan fingerprint density at radius 2 is 1.54 bits per heavy atom. The number of anilines is 1. The van der Waals surface area contributed by atoms with Gasteiger partial charge in [0.05, 0.1) is 17.2 Å². The molecule has 0 unspecified atom stereocenters. The van der Waals surface area contributed by atoms with Crippen LogP contribution in [0.4, 0.5) is 5.82 Å². The van der Waals surface area contributed by atoms with Gasteiger partial charge >= 0.3 is 0 Å². The van der Waals surface area contributed by atoms with Crippen molar-refractivity contribution in [1.29, 1.82) is 0 Å². The average molecular weight is 374 g/mol. The number of para-hydroxylation sites is 2. The lowest BCUT2D eigenvalue weighted by Gasteiger charge is -2.35. The second-order valence-corrected chi connectivity index (χ2v) is 8.32. The number of hydrogen-bond acceptors (Lipinski definition) is 4. The Hall–Kier alpha value is -2.95. The van der Waals surface area contributed by atoms with E-state index in [2.05, 4.69) is 42.8 Å². The van der Waals surface area contributed by atoms with Crippen molar-refractivity contribution in [3.63, 3.8) is 0 Å². The van der Waals surface area contributed by atoms with Gasteiger partial charge in [-0.15, -0.1) is 0 Å². The Morgan fingerprint density at radius 1 is 0.893 bits per heavy atom. The largest absolute Gasteiger partial charge is 0.352 e. The SMILES string of the molecule is CC(C)(C)c1ccc(C(=O)N2CCN(c3cnc4ccccc4n3)CC2)cc1. The number of hydrogen-bond donors (Lipinski definition) is 0. The van der Waals surface area contributed by atoms with Gasteiger partial charge in [0.1, 0.15) is 5.82 Å². The zero-order valence-corrected chi connectivity index (χ0v) is 16.7. The van der Waals surface area contributed by atoms with Gasteiger partial charge in [-0.1, -0.05) is 45.0 Å². The number of amides is 1. The Balaban J connectivity index is 1.42. The first-order valence-corrected chi connectivity index (χ1v) is 9.78. The van der Waals surface area contributed by atoms with E-state index in [4.69, 9.17) is 4.98 Å². The number of rotatable bonds is 2. The monoisotopic (exact) mass is 374 g/mol. The third-order valence-corrected chi connectivity index (χ3v) is 5.32. The minimum absolute atomic E-state index is 0.0914. The molecule has 0 radical (unpaired) electrons. The molecule has 0 aliphatic carbocycles. The van der Waals surface area contributed by atoms with Crippen molar-refractivity contribution in [3.8, 4) is 0 Å². The van der Waals surface area contributed by atoms with Crippen molar-refractivity contribution in [2.45, 2.75) is 26.2 Å². The Morgan fingerprint density at radius 3 is 2.18 bits per heavy atom. The van der Waals surface area contributed by atoms with Crippen LogP contribution in [0.2, 0.25) is 0 Å². The van der Waals surface area contributed by atoms with Gasteiger partial charge in [0, 0.05) is 31.7 Å². The minimum Gasteiger partial charge on any atom is -0.352 e. The molecule has 0 atom stereocenters. The van der Waals surface area contributed by atoms with Crippen LogP contribution >= 0.6 is 0 Å². The lowest BCUT2D eigenvalue weighted by Crippen LogP contribution is -2.49. The van der Waals surface area contributed by atoms with E-state index >= 15 is 0 Å². The van der Waals surface area contributed by atoms with E-state index < -0.39 is 0 Å². The summed E-state index contributed by atoms with van der Waals surface area (Å²) >= 11 is 0. The summed E-state index contributed by atoms with van der Waals surface area (Å²) < 4.78 is 0. The summed E-state index contributed by atoms with van der Waals surface area (Å²) in [6.45, 7) is 9.44. The van der Waals surface area contributed by atoms with Crippen LogP contribution in [0.5, 0.6) is 0 Å². The highest BCUT2D eigenvalue weighted by Gasteiger charge is 2.23. The minimum atomic E-state index is 0.0914. The normalized spacial score (nSPS) is 15.1. The van der Waals surface area contributed by atoms with Crippen LogP contribution in [-0.2, 0) is 5.41 Å². The van der Waals surface area contributed by atoms with Crippen LogP contribution in [0.15, 0.2) is 54.7 Å². The lowest BCUT2D eigenvalue weighted by atomic mass is 9.86. The summed E-state index contributed by atoms with van der Waals surface area (Å²) in [5.41, 5.74) is 3.89. The van der Waals surface area contributed by atoms with Crippen molar-refractivity contribution in [3.05, 3.63) is 65.9 Å². The van der Waals surface area contributed by atoms with Gasteiger partial charge in [-0.25, -0.2) is 4.98 Å². The van der Waals surface area contributed by atoms with E-state index in [-0.39, 0.29) is 11.3 Å². The number of carbonyl (C=O) groups is 1. The van der Waals surface area contributed by atoms with Crippen molar-refractivity contribution >= 4 is 22.8 Å². The summed E-state index contributed by atoms with van der Waals surface area (Å²) in [6, 6.07) is 15.9. The van der Waals surface area contributed by atoms with Gasteiger partial charge < -0.3 is 9.80 Å². The maximum Gasteiger partial charge on any atom is 0.253 e. The topological polar surface area (TPSA) is 49.3 Å². The summed E-state index contributed by atoms with van der Waals surface area (Å²) in [7, 11) is 0. The van der Waals surface area contributed by atoms with Gasteiger partial charge in [-0.05, 0) is 35.2 Å². The third kappa shape index (κ3) is 3.70. The molecule has 1 aliphatic rings. The fourth-order valence-corrected chi connectivity index (χ4v) is 3.53. The molecule has 5 nitrogen and oxygen atoms in total. The molecule has 0 spiro atoms. The van der Waals surface area contributed by atoms with Gasteiger partial charge in [0.15, 0.2) is 0 Å². The van der Waals surface area contributed by atoms with Crippen LogP contribution in [-0.4, -0.2) is 47.0 Å².